The van der Waals surface area contributed by atoms with Crippen LogP contribution in [-0.4, -0.2) is 52.1 Å². The zero-order chi connectivity index (χ0) is 20.5. The minimum atomic E-state index is -0.404. The number of thiophene rings is 1. The molecule has 0 radical (unpaired) electrons. The van der Waals surface area contributed by atoms with Gasteiger partial charge < -0.3 is 15.0 Å². The van der Waals surface area contributed by atoms with Gasteiger partial charge >= 0.3 is 0 Å². The molecule has 7 nitrogen and oxygen atoms in total. The lowest BCUT2D eigenvalue weighted by atomic mass is 10.1. The summed E-state index contributed by atoms with van der Waals surface area (Å²) in [6, 6.07) is 3.09. The predicted octanol–water partition coefficient (Wildman–Crippen LogP) is 3.57. The summed E-state index contributed by atoms with van der Waals surface area (Å²) in [4.78, 5) is 29.0. The van der Waals surface area contributed by atoms with Crippen molar-refractivity contribution >= 4 is 33.4 Å². The van der Waals surface area contributed by atoms with Gasteiger partial charge in [-0.15, -0.1) is 11.3 Å². The zero-order valence-electron chi connectivity index (χ0n) is 16.5. The Balaban J connectivity index is 1.66. The predicted molar refractivity (Wildman–Crippen MR) is 110 cm³/mol. The van der Waals surface area contributed by atoms with E-state index in [1.54, 1.807) is 18.2 Å². The number of fused-ring (bicyclic) bond motifs is 1. The van der Waals surface area contributed by atoms with E-state index < -0.39 is 5.82 Å². The fourth-order valence-corrected chi connectivity index (χ4v) is 4.39. The van der Waals surface area contributed by atoms with Crippen LogP contribution in [0.4, 0.5) is 10.3 Å². The van der Waals surface area contributed by atoms with Crippen molar-refractivity contribution in [2.45, 2.75) is 32.4 Å². The van der Waals surface area contributed by atoms with Crippen LogP contribution >= 0.6 is 11.3 Å². The number of nitrogens with zero attached hydrogens (tertiary/aromatic N) is 4. The van der Waals surface area contributed by atoms with Gasteiger partial charge in [-0.3, -0.25) is 9.78 Å². The van der Waals surface area contributed by atoms with Crippen LogP contribution in [-0.2, 0) is 4.74 Å². The number of carbonyl (C=O) groups is 1. The first kappa shape index (κ1) is 19.7. The summed E-state index contributed by atoms with van der Waals surface area (Å²) < 4.78 is 19.7. The Morgan fingerprint density at radius 3 is 2.93 bits per heavy atom. The first-order chi connectivity index (χ1) is 13.9. The topological polar surface area (TPSA) is 80.2 Å². The van der Waals surface area contributed by atoms with Crippen LogP contribution in [0.2, 0.25) is 0 Å². The second-order valence-corrected chi connectivity index (χ2v) is 8.42. The molecule has 0 spiro atoms. The van der Waals surface area contributed by atoms with E-state index in [0.29, 0.717) is 30.3 Å². The molecule has 1 N–H and O–H groups in total. The number of hydrogen-bond acceptors (Lipinski definition) is 7. The third-order valence-electron chi connectivity index (χ3n) is 5.03. The van der Waals surface area contributed by atoms with E-state index in [2.05, 4.69) is 20.3 Å². The lowest BCUT2D eigenvalue weighted by Crippen LogP contribution is -2.31. The van der Waals surface area contributed by atoms with Crippen molar-refractivity contribution in [2.24, 2.45) is 0 Å². The molecule has 152 valence electrons. The van der Waals surface area contributed by atoms with Crippen LogP contribution in [0.15, 0.2) is 24.5 Å². The molecule has 4 rings (SSSR count). The molecular weight excluding hydrogens is 393 g/mol. The molecule has 1 aliphatic rings. The average molecular weight is 415 g/mol. The van der Waals surface area contributed by atoms with Gasteiger partial charge in [0.05, 0.1) is 28.6 Å². The van der Waals surface area contributed by atoms with Gasteiger partial charge in [-0.2, -0.15) is 0 Å². The van der Waals surface area contributed by atoms with E-state index in [0.717, 1.165) is 27.7 Å². The van der Waals surface area contributed by atoms with Crippen LogP contribution in [0.1, 0.15) is 40.3 Å². The standard InChI is InChI=1S/C20H22FN5O2S/c1-11-6-16-18(29-11)17(19(27)26-5-4-15(10-26)28-3)25-20(24-16)23-12(2)13-7-14(21)9-22-8-13/h6-9,12,15H,4-5,10H2,1-3H3,(H,23,24,25)/t12-,15-/m0/s1. The molecule has 0 bridgehead atoms. The highest BCUT2D eigenvalue weighted by Gasteiger charge is 2.29. The van der Waals surface area contributed by atoms with Crippen LogP contribution in [0.5, 0.6) is 0 Å². The zero-order valence-corrected chi connectivity index (χ0v) is 17.3. The number of halogens is 1. The number of hydrogen-bond donors (Lipinski definition) is 1. The van der Waals surface area contributed by atoms with E-state index in [4.69, 9.17) is 4.74 Å². The number of pyridine rings is 1. The van der Waals surface area contributed by atoms with Gasteiger partial charge in [0, 0.05) is 31.3 Å². The van der Waals surface area contributed by atoms with Crippen LogP contribution < -0.4 is 5.32 Å². The van der Waals surface area contributed by atoms with Crippen molar-refractivity contribution in [3.05, 3.63) is 46.5 Å². The molecular formula is C20H22FN5O2S. The van der Waals surface area contributed by atoms with Gasteiger partial charge in [-0.25, -0.2) is 14.4 Å². The maximum atomic E-state index is 13.5. The minimum Gasteiger partial charge on any atom is -0.380 e. The summed E-state index contributed by atoms with van der Waals surface area (Å²) in [7, 11) is 1.66. The number of ether oxygens (including phenoxy) is 1. The van der Waals surface area contributed by atoms with E-state index in [9.17, 15) is 9.18 Å². The van der Waals surface area contributed by atoms with Crippen molar-refractivity contribution in [1.29, 1.82) is 0 Å². The number of methoxy groups -OCH3 is 1. The van der Waals surface area contributed by atoms with Gasteiger partial charge in [0.1, 0.15) is 5.82 Å². The fraction of sp³-hybridized carbons (Fsp3) is 0.400. The van der Waals surface area contributed by atoms with Gasteiger partial charge in [0.2, 0.25) is 5.95 Å². The Bertz CT molecular complexity index is 1060. The normalized spacial score (nSPS) is 17.7. The Morgan fingerprint density at radius 1 is 1.38 bits per heavy atom. The van der Waals surface area contributed by atoms with Crippen LogP contribution in [0.25, 0.3) is 10.2 Å². The van der Waals surface area contributed by atoms with E-state index in [1.165, 1.54) is 17.4 Å². The summed E-state index contributed by atoms with van der Waals surface area (Å²) in [5.41, 5.74) is 1.78. The number of anilines is 1. The molecule has 0 aliphatic carbocycles. The summed E-state index contributed by atoms with van der Waals surface area (Å²) in [6.07, 6.45) is 3.62. The van der Waals surface area contributed by atoms with E-state index in [1.807, 2.05) is 19.9 Å². The highest BCUT2D eigenvalue weighted by molar-refractivity contribution is 7.19. The van der Waals surface area contributed by atoms with E-state index >= 15 is 0 Å². The molecule has 1 fully saturated rings. The molecule has 2 atom stereocenters. The Labute approximate surface area is 171 Å². The SMILES string of the molecule is CO[C@H]1CCN(C(=O)c2nc(N[C@@H](C)c3cncc(F)c3)nc3cc(C)sc23)C1. The molecule has 3 aromatic heterocycles. The van der Waals surface area contributed by atoms with Crippen molar-refractivity contribution in [1.82, 2.24) is 19.9 Å². The molecule has 4 heterocycles. The number of rotatable bonds is 5. The smallest absolute Gasteiger partial charge is 0.274 e. The van der Waals surface area contributed by atoms with Gasteiger partial charge in [0.25, 0.3) is 5.91 Å². The molecule has 29 heavy (non-hydrogen) atoms. The number of carbonyl (C=O) groups excluding carboxylic acids is 1. The molecule has 0 unspecified atom stereocenters. The van der Waals surface area contributed by atoms with Gasteiger partial charge in [-0.05, 0) is 38.0 Å². The molecule has 0 saturated carbocycles. The maximum Gasteiger partial charge on any atom is 0.274 e. The minimum absolute atomic E-state index is 0.0550. The summed E-state index contributed by atoms with van der Waals surface area (Å²) >= 11 is 1.51. The van der Waals surface area contributed by atoms with Gasteiger partial charge in [-0.1, -0.05) is 0 Å². The molecule has 9 heteroatoms. The highest BCUT2D eigenvalue weighted by Crippen LogP contribution is 2.30. The quantitative estimate of drug-likeness (QED) is 0.686. The Hall–Kier alpha value is -2.65. The molecule has 1 saturated heterocycles. The summed E-state index contributed by atoms with van der Waals surface area (Å²) in [5, 5.41) is 3.17. The Kier molecular flexibility index (Phi) is 5.42. The molecule has 1 amide bonds. The second kappa shape index (κ2) is 8.00. The number of likely N-dealkylation sites (tertiary alicyclic amines) is 1. The van der Waals surface area contributed by atoms with Crippen molar-refractivity contribution in [2.75, 3.05) is 25.5 Å². The lowest BCUT2D eigenvalue weighted by Gasteiger charge is -2.18. The maximum absolute atomic E-state index is 13.5. The lowest BCUT2D eigenvalue weighted by molar-refractivity contribution is 0.0721. The van der Waals surface area contributed by atoms with Gasteiger partial charge in [0.15, 0.2) is 5.69 Å². The van der Waals surface area contributed by atoms with Crippen molar-refractivity contribution in [3.8, 4) is 0 Å². The highest BCUT2D eigenvalue weighted by atomic mass is 32.1. The monoisotopic (exact) mass is 415 g/mol. The van der Waals surface area contributed by atoms with Crippen LogP contribution in [0, 0.1) is 12.7 Å². The largest absolute Gasteiger partial charge is 0.380 e. The summed E-state index contributed by atoms with van der Waals surface area (Å²) in [5.74, 6) is -0.196. The van der Waals surface area contributed by atoms with Crippen molar-refractivity contribution < 1.29 is 13.9 Å². The number of nitrogens with one attached hydrogen (secondary N) is 1. The van der Waals surface area contributed by atoms with Crippen molar-refractivity contribution in [3.63, 3.8) is 0 Å². The first-order valence-corrected chi connectivity index (χ1v) is 10.2. The fourth-order valence-electron chi connectivity index (χ4n) is 3.46. The Morgan fingerprint density at radius 2 is 2.21 bits per heavy atom. The number of aryl methyl sites for hydroxylation is 1. The van der Waals surface area contributed by atoms with Crippen LogP contribution in [0.3, 0.4) is 0 Å². The third-order valence-corrected chi connectivity index (χ3v) is 6.08. The molecule has 0 aromatic carbocycles. The molecule has 1 aliphatic heterocycles. The first-order valence-electron chi connectivity index (χ1n) is 9.42. The second-order valence-electron chi connectivity index (χ2n) is 7.17. The average Bonchev–Trinajstić information content (AvgIpc) is 3.32. The van der Waals surface area contributed by atoms with E-state index in [-0.39, 0.29) is 18.1 Å². The molecule has 3 aromatic rings. The summed E-state index contributed by atoms with van der Waals surface area (Å²) in [6.45, 7) is 5.04. The number of aromatic nitrogens is 3. The third kappa shape index (κ3) is 4.06. The number of amides is 1.